The van der Waals surface area contributed by atoms with Crippen molar-refractivity contribution in [2.24, 2.45) is 0 Å². The molecule has 0 unspecified atom stereocenters. The Kier molecular flexibility index (Phi) is 8.17. The molecule has 16 heteroatoms. The van der Waals surface area contributed by atoms with Gasteiger partial charge in [-0.1, -0.05) is 6.07 Å². The molecule has 0 saturated carbocycles. The molecule has 228 valence electrons. The average molecular weight is 596 g/mol. The lowest BCUT2D eigenvalue weighted by Crippen LogP contribution is -2.63. The summed E-state index contributed by atoms with van der Waals surface area (Å²) in [6.45, 7) is -1.27. The van der Waals surface area contributed by atoms with Crippen LogP contribution in [0.4, 0.5) is 0 Å². The molecule has 2 saturated heterocycles. The van der Waals surface area contributed by atoms with E-state index in [4.69, 9.17) is 23.4 Å². The maximum atomic E-state index is 12.8. The molecule has 0 aliphatic carbocycles. The first-order valence-corrected chi connectivity index (χ1v) is 12.6. The molecule has 9 atom stereocenters. The van der Waals surface area contributed by atoms with Crippen LogP contribution in [0.3, 0.4) is 0 Å². The van der Waals surface area contributed by atoms with Gasteiger partial charge in [0.05, 0.1) is 18.8 Å². The molecule has 3 heterocycles. The van der Waals surface area contributed by atoms with Crippen LogP contribution in [0.15, 0.2) is 39.5 Å². The van der Waals surface area contributed by atoms with Crippen LogP contribution in [0, 0.1) is 0 Å². The van der Waals surface area contributed by atoms with Gasteiger partial charge in [0.2, 0.25) is 12.0 Å². The Morgan fingerprint density at radius 1 is 0.857 bits per heavy atom. The van der Waals surface area contributed by atoms with Gasteiger partial charge < -0.3 is 74.4 Å². The molecule has 42 heavy (non-hydrogen) atoms. The highest BCUT2D eigenvalue weighted by atomic mass is 16.8. The highest BCUT2D eigenvalue weighted by Crippen LogP contribution is 2.44. The fourth-order valence-electron chi connectivity index (χ4n) is 4.70. The number of fused-ring (bicyclic) bond motifs is 1. The van der Waals surface area contributed by atoms with Crippen LogP contribution in [0.2, 0.25) is 0 Å². The van der Waals surface area contributed by atoms with E-state index < -0.39 is 108 Å². The third kappa shape index (κ3) is 5.19. The smallest absolute Gasteiger partial charge is 0.229 e. The molecular weight excluding hydrogens is 568 g/mol. The number of ether oxygens (including phenoxy) is 4. The summed E-state index contributed by atoms with van der Waals surface area (Å²) in [6, 6.07) is 5.79. The van der Waals surface area contributed by atoms with Crippen molar-refractivity contribution in [3.63, 3.8) is 0 Å². The second-order valence-electron chi connectivity index (χ2n) is 9.77. The molecule has 10 N–H and O–H groups in total. The zero-order valence-electron chi connectivity index (χ0n) is 21.4. The maximum Gasteiger partial charge on any atom is 0.229 e. The van der Waals surface area contributed by atoms with Crippen molar-refractivity contribution in [3.05, 3.63) is 40.6 Å². The van der Waals surface area contributed by atoms with Crippen molar-refractivity contribution in [1.29, 1.82) is 0 Å². The lowest BCUT2D eigenvalue weighted by Gasteiger charge is -2.44. The van der Waals surface area contributed by atoms with Crippen LogP contribution in [-0.4, -0.2) is 120 Å². The summed E-state index contributed by atoms with van der Waals surface area (Å²) in [5.41, 5.74) is -1.28. The predicted molar refractivity (Wildman–Crippen MR) is 136 cm³/mol. The van der Waals surface area contributed by atoms with Gasteiger partial charge in [0.15, 0.2) is 40.8 Å². The van der Waals surface area contributed by atoms with Gasteiger partial charge >= 0.3 is 0 Å². The van der Waals surface area contributed by atoms with Crippen LogP contribution in [0.1, 0.15) is 0 Å². The van der Waals surface area contributed by atoms with E-state index in [1.165, 1.54) is 18.2 Å². The number of aliphatic hydroxyl groups is 6. The molecule has 2 fully saturated rings. The summed E-state index contributed by atoms with van der Waals surface area (Å²) < 4.78 is 27.6. The third-order valence-electron chi connectivity index (χ3n) is 7.02. The molecule has 5 rings (SSSR count). The first kappa shape index (κ1) is 29.8. The van der Waals surface area contributed by atoms with Gasteiger partial charge in [0.25, 0.3) is 0 Å². The van der Waals surface area contributed by atoms with Crippen molar-refractivity contribution in [2.45, 2.75) is 55.3 Å². The van der Waals surface area contributed by atoms with E-state index in [1.807, 2.05) is 0 Å². The summed E-state index contributed by atoms with van der Waals surface area (Å²) in [7, 11) is 0. The van der Waals surface area contributed by atoms with Crippen molar-refractivity contribution >= 4 is 11.0 Å². The van der Waals surface area contributed by atoms with E-state index in [9.17, 15) is 55.9 Å². The topological polar surface area (TPSA) is 269 Å². The number of rotatable bonds is 6. The van der Waals surface area contributed by atoms with E-state index in [0.29, 0.717) is 0 Å². The average Bonchev–Trinajstić information content (AvgIpc) is 2.96. The minimum absolute atomic E-state index is 0.0747. The molecule has 3 aromatic rings. The number of phenolic OH excluding ortho intramolecular Hbond substituents is 4. The second-order valence-corrected chi connectivity index (χ2v) is 9.77. The number of benzene rings is 2. The van der Waals surface area contributed by atoms with Gasteiger partial charge in [0, 0.05) is 12.1 Å². The Hall–Kier alpha value is -3.71. The predicted octanol–water partition coefficient (Wildman–Crippen LogP) is -2.08. The number of aliphatic hydroxyl groups excluding tert-OH is 6. The second kappa shape index (κ2) is 11.5. The van der Waals surface area contributed by atoms with E-state index >= 15 is 0 Å². The molecule has 1 aromatic heterocycles. The highest BCUT2D eigenvalue weighted by Gasteiger charge is 2.50. The Balaban J connectivity index is 1.53. The number of hydrogen-bond donors (Lipinski definition) is 10. The quantitative estimate of drug-likeness (QED) is 0.137. The SMILES string of the molecule is O=c1cc(-c2cccc(O)c2O)oc2cc(O[C@@H]3O[C@H](CO)[C@@H](O)[C@H](O)[C@H]3O[C@@H]3OC[C@@H](O)[C@H](O)[C@H]3O)c(O)c(O)c12. The highest BCUT2D eigenvalue weighted by molar-refractivity contribution is 5.89. The Morgan fingerprint density at radius 3 is 2.31 bits per heavy atom. The van der Waals surface area contributed by atoms with Crippen LogP contribution < -0.4 is 10.2 Å². The summed E-state index contributed by atoms with van der Waals surface area (Å²) in [5.74, 6) is -3.86. The zero-order valence-corrected chi connectivity index (χ0v) is 21.4. The third-order valence-corrected chi connectivity index (χ3v) is 7.02. The van der Waals surface area contributed by atoms with Gasteiger partial charge in [-0.3, -0.25) is 4.79 Å². The van der Waals surface area contributed by atoms with Crippen molar-refractivity contribution in [2.75, 3.05) is 13.2 Å². The standard InChI is InChI=1S/C26H28O16/c27-6-15-20(34)22(36)24(42-25-23(37)18(32)11(30)7-38-25)26(41-15)40-14-5-13-16(21(35)19(14)33)10(29)4-12(39-13)8-2-1-3-9(28)17(8)31/h1-5,11,15,18,20,22-28,30-37H,6-7H2/t11-,15-,18+,20-,22+,23-,24-,25+,26-/m1/s1. The Labute approximate surface area is 235 Å². The normalized spacial score (nSPS) is 31.7. The van der Waals surface area contributed by atoms with E-state index in [1.54, 1.807) is 0 Å². The number of aromatic hydroxyl groups is 4. The fourth-order valence-corrected chi connectivity index (χ4v) is 4.70. The maximum absolute atomic E-state index is 12.8. The van der Waals surface area contributed by atoms with Gasteiger partial charge in [0.1, 0.15) is 53.4 Å². The summed E-state index contributed by atoms with van der Waals surface area (Å²) >= 11 is 0. The molecule has 0 amide bonds. The monoisotopic (exact) mass is 596 g/mol. The van der Waals surface area contributed by atoms with Crippen LogP contribution in [0.25, 0.3) is 22.3 Å². The van der Waals surface area contributed by atoms with Crippen molar-refractivity contribution in [1.82, 2.24) is 0 Å². The largest absolute Gasteiger partial charge is 0.504 e. The minimum Gasteiger partial charge on any atom is -0.504 e. The van der Waals surface area contributed by atoms with Gasteiger partial charge in [-0.2, -0.15) is 0 Å². The number of para-hydroxylation sites is 1. The van der Waals surface area contributed by atoms with Crippen molar-refractivity contribution in [3.8, 4) is 40.1 Å². The molecule has 0 bridgehead atoms. The van der Waals surface area contributed by atoms with Gasteiger partial charge in [-0.05, 0) is 12.1 Å². The zero-order chi connectivity index (χ0) is 30.5. The molecule has 2 aliphatic heterocycles. The number of hydrogen-bond acceptors (Lipinski definition) is 16. The fraction of sp³-hybridized carbons (Fsp3) is 0.423. The lowest BCUT2D eigenvalue weighted by atomic mass is 9.98. The molecule has 0 radical (unpaired) electrons. The lowest BCUT2D eigenvalue weighted by molar-refractivity contribution is -0.345. The van der Waals surface area contributed by atoms with Crippen molar-refractivity contribution < 1.29 is 74.4 Å². The first-order chi connectivity index (χ1) is 19.9. The minimum atomic E-state index is -1.87. The number of phenols is 4. The van der Waals surface area contributed by atoms with Crippen LogP contribution in [0.5, 0.6) is 28.7 Å². The summed E-state index contributed by atoms with van der Waals surface area (Å²) in [6.07, 6.45) is -15.2. The van der Waals surface area contributed by atoms with Crippen LogP contribution >= 0.6 is 0 Å². The van der Waals surface area contributed by atoms with E-state index in [-0.39, 0.29) is 16.9 Å². The molecule has 0 spiro atoms. The summed E-state index contributed by atoms with van der Waals surface area (Å²) in [5, 5.41) is 102. The van der Waals surface area contributed by atoms with E-state index in [2.05, 4.69) is 0 Å². The molecule has 2 aromatic carbocycles. The summed E-state index contributed by atoms with van der Waals surface area (Å²) in [4.78, 5) is 12.8. The van der Waals surface area contributed by atoms with Crippen LogP contribution in [-0.2, 0) is 14.2 Å². The van der Waals surface area contributed by atoms with Gasteiger partial charge in [-0.15, -0.1) is 0 Å². The molecule has 16 nitrogen and oxygen atoms in total. The van der Waals surface area contributed by atoms with E-state index in [0.717, 1.165) is 12.1 Å². The molecular formula is C26H28O16. The van der Waals surface area contributed by atoms with Gasteiger partial charge in [-0.25, -0.2) is 0 Å². The Bertz CT molecular complexity index is 1510. The molecule has 2 aliphatic rings. The Morgan fingerprint density at radius 2 is 1.60 bits per heavy atom. The first-order valence-electron chi connectivity index (χ1n) is 12.6.